The van der Waals surface area contributed by atoms with Crippen LogP contribution in [0.3, 0.4) is 0 Å². The largest absolute Gasteiger partial charge is 0.369 e. The lowest BCUT2D eigenvalue weighted by atomic mass is 9.98. The summed E-state index contributed by atoms with van der Waals surface area (Å²) in [5.74, 6) is -0.464. The minimum absolute atomic E-state index is 0.432. The number of hydrogen-bond donors (Lipinski definition) is 2. The second kappa shape index (κ2) is 4.53. The SMILES string of the molecule is NC(=O)C(c1ccccc1)c1nc2cnccc2[nH]1. The van der Waals surface area contributed by atoms with Gasteiger partial charge in [0.2, 0.25) is 5.91 Å². The van der Waals surface area contributed by atoms with E-state index >= 15 is 0 Å². The van der Waals surface area contributed by atoms with E-state index in [0.29, 0.717) is 5.82 Å². The van der Waals surface area contributed by atoms with Crippen molar-refractivity contribution in [1.29, 1.82) is 0 Å². The number of carbonyl (C=O) groups excluding carboxylic acids is 1. The molecule has 3 aromatic rings. The van der Waals surface area contributed by atoms with Gasteiger partial charge in [-0.1, -0.05) is 30.3 Å². The van der Waals surface area contributed by atoms with Crippen molar-refractivity contribution < 1.29 is 4.79 Å². The molecule has 1 amide bonds. The molecule has 0 saturated carbocycles. The van der Waals surface area contributed by atoms with Crippen LogP contribution in [0, 0.1) is 0 Å². The Morgan fingerprint density at radius 3 is 2.68 bits per heavy atom. The molecule has 2 heterocycles. The summed E-state index contributed by atoms with van der Waals surface area (Å²) in [5.41, 5.74) is 7.89. The normalized spacial score (nSPS) is 12.4. The minimum atomic E-state index is -0.575. The predicted molar refractivity (Wildman–Crippen MR) is 71.4 cm³/mol. The average molecular weight is 252 g/mol. The fraction of sp³-hybridized carbons (Fsp3) is 0.0714. The van der Waals surface area contributed by atoms with E-state index in [9.17, 15) is 4.79 Å². The number of H-pyrrole nitrogens is 1. The van der Waals surface area contributed by atoms with Gasteiger partial charge >= 0.3 is 0 Å². The van der Waals surface area contributed by atoms with Crippen LogP contribution in [-0.4, -0.2) is 20.9 Å². The number of aromatic amines is 1. The van der Waals surface area contributed by atoms with E-state index in [0.717, 1.165) is 16.6 Å². The van der Waals surface area contributed by atoms with Gasteiger partial charge in [0.05, 0.1) is 11.7 Å². The fourth-order valence-electron chi connectivity index (χ4n) is 2.12. The Hall–Kier alpha value is -2.69. The van der Waals surface area contributed by atoms with Gasteiger partial charge in [-0.2, -0.15) is 0 Å². The summed E-state index contributed by atoms with van der Waals surface area (Å²) < 4.78 is 0. The number of benzene rings is 1. The molecule has 0 aliphatic rings. The van der Waals surface area contributed by atoms with Gasteiger partial charge in [-0.05, 0) is 11.6 Å². The monoisotopic (exact) mass is 252 g/mol. The van der Waals surface area contributed by atoms with Gasteiger partial charge in [0.25, 0.3) is 0 Å². The van der Waals surface area contributed by atoms with E-state index in [1.165, 1.54) is 0 Å². The van der Waals surface area contributed by atoms with Crippen LogP contribution in [0.15, 0.2) is 48.8 Å². The lowest BCUT2D eigenvalue weighted by Gasteiger charge is -2.10. The summed E-state index contributed by atoms with van der Waals surface area (Å²) in [7, 11) is 0. The molecule has 1 unspecified atom stereocenters. The number of rotatable bonds is 3. The number of aromatic nitrogens is 3. The highest BCUT2D eigenvalue weighted by Gasteiger charge is 2.23. The Bertz CT molecular complexity index is 687. The Kier molecular flexibility index (Phi) is 2.72. The molecule has 0 saturated heterocycles. The molecule has 0 fully saturated rings. The molecule has 0 aliphatic heterocycles. The van der Waals surface area contributed by atoms with Crippen LogP contribution in [0.4, 0.5) is 0 Å². The maximum absolute atomic E-state index is 11.7. The second-order valence-electron chi connectivity index (χ2n) is 4.26. The lowest BCUT2D eigenvalue weighted by Crippen LogP contribution is -2.23. The zero-order valence-corrected chi connectivity index (χ0v) is 10.1. The van der Waals surface area contributed by atoms with Crippen molar-refractivity contribution in [3.05, 3.63) is 60.2 Å². The summed E-state index contributed by atoms with van der Waals surface area (Å²) >= 11 is 0. The van der Waals surface area contributed by atoms with Crippen LogP contribution in [0.5, 0.6) is 0 Å². The number of hydrogen-bond acceptors (Lipinski definition) is 3. The van der Waals surface area contributed by atoms with Crippen LogP contribution < -0.4 is 5.73 Å². The lowest BCUT2D eigenvalue weighted by molar-refractivity contribution is -0.118. The third-order valence-electron chi connectivity index (χ3n) is 2.99. The molecule has 5 nitrogen and oxygen atoms in total. The van der Waals surface area contributed by atoms with Crippen molar-refractivity contribution in [2.75, 3.05) is 0 Å². The quantitative estimate of drug-likeness (QED) is 0.742. The van der Waals surface area contributed by atoms with Crippen molar-refractivity contribution in [1.82, 2.24) is 15.0 Å². The first kappa shape index (κ1) is 11.4. The standard InChI is InChI=1S/C14H12N4O/c15-13(19)12(9-4-2-1-3-5-9)14-17-10-6-7-16-8-11(10)18-14/h1-8,12H,(H2,15,19)(H,17,18). The van der Waals surface area contributed by atoms with Crippen LogP contribution in [0.25, 0.3) is 11.0 Å². The fourth-order valence-corrected chi connectivity index (χ4v) is 2.12. The van der Waals surface area contributed by atoms with Crippen LogP contribution in [-0.2, 0) is 4.79 Å². The highest BCUT2D eigenvalue weighted by molar-refractivity contribution is 5.86. The smallest absolute Gasteiger partial charge is 0.232 e. The Morgan fingerprint density at radius 1 is 1.21 bits per heavy atom. The van der Waals surface area contributed by atoms with E-state index in [4.69, 9.17) is 5.73 Å². The molecule has 94 valence electrons. The molecule has 3 rings (SSSR count). The zero-order chi connectivity index (χ0) is 13.2. The summed E-state index contributed by atoms with van der Waals surface area (Å²) in [6.07, 6.45) is 3.32. The van der Waals surface area contributed by atoms with Crippen molar-refractivity contribution >= 4 is 16.9 Å². The first-order valence-electron chi connectivity index (χ1n) is 5.89. The molecule has 0 spiro atoms. The van der Waals surface area contributed by atoms with Gasteiger partial charge in [0, 0.05) is 6.20 Å². The molecule has 1 aromatic carbocycles. The molecule has 19 heavy (non-hydrogen) atoms. The third-order valence-corrected chi connectivity index (χ3v) is 2.99. The van der Waals surface area contributed by atoms with E-state index < -0.39 is 11.8 Å². The molecule has 0 radical (unpaired) electrons. The Morgan fingerprint density at radius 2 is 2.00 bits per heavy atom. The zero-order valence-electron chi connectivity index (χ0n) is 10.1. The third kappa shape index (κ3) is 2.06. The van der Waals surface area contributed by atoms with E-state index in [2.05, 4.69) is 15.0 Å². The molecular formula is C14H12N4O. The topological polar surface area (TPSA) is 84.7 Å². The number of amides is 1. The number of fused-ring (bicyclic) bond motifs is 1. The van der Waals surface area contributed by atoms with Gasteiger partial charge in [-0.15, -0.1) is 0 Å². The van der Waals surface area contributed by atoms with Crippen molar-refractivity contribution in [2.45, 2.75) is 5.92 Å². The number of primary amides is 1. The summed E-state index contributed by atoms with van der Waals surface area (Å²) in [4.78, 5) is 23.2. The van der Waals surface area contributed by atoms with Gasteiger partial charge in [-0.25, -0.2) is 4.98 Å². The van der Waals surface area contributed by atoms with E-state index in [1.807, 2.05) is 36.4 Å². The van der Waals surface area contributed by atoms with E-state index in [-0.39, 0.29) is 0 Å². The predicted octanol–water partition coefficient (Wildman–Crippen LogP) is 1.58. The molecule has 0 aliphatic carbocycles. The highest BCUT2D eigenvalue weighted by atomic mass is 16.1. The molecule has 3 N–H and O–H groups in total. The summed E-state index contributed by atoms with van der Waals surface area (Å²) in [5, 5.41) is 0. The van der Waals surface area contributed by atoms with Crippen molar-refractivity contribution in [3.8, 4) is 0 Å². The Labute approximate surface area is 109 Å². The second-order valence-corrected chi connectivity index (χ2v) is 4.26. The van der Waals surface area contributed by atoms with E-state index in [1.54, 1.807) is 12.4 Å². The summed E-state index contributed by atoms with van der Waals surface area (Å²) in [6, 6.07) is 11.2. The van der Waals surface area contributed by atoms with Crippen LogP contribution in [0.1, 0.15) is 17.3 Å². The van der Waals surface area contributed by atoms with Crippen LogP contribution >= 0.6 is 0 Å². The van der Waals surface area contributed by atoms with Gasteiger partial charge in [0.1, 0.15) is 17.3 Å². The first-order valence-corrected chi connectivity index (χ1v) is 5.89. The maximum Gasteiger partial charge on any atom is 0.232 e. The number of nitrogens with one attached hydrogen (secondary N) is 1. The molecule has 5 heteroatoms. The number of nitrogens with two attached hydrogens (primary N) is 1. The summed E-state index contributed by atoms with van der Waals surface area (Å²) in [6.45, 7) is 0. The molecule has 2 aromatic heterocycles. The van der Waals surface area contributed by atoms with Gasteiger partial charge in [-0.3, -0.25) is 9.78 Å². The molecule has 0 bridgehead atoms. The van der Waals surface area contributed by atoms with Gasteiger partial charge < -0.3 is 10.7 Å². The maximum atomic E-state index is 11.7. The van der Waals surface area contributed by atoms with Crippen molar-refractivity contribution in [3.63, 3.8) is 0 Å². The number of carbonyl (C=O) groups is 1. The number of pyridine rings is 1. The van der Waals surface area contributed by atoms with Crippen LogP contribution in [0.2, 0.25) is 0 Å². The molecular weight excluding hydrogens is 240 g/mol. The molecule has 1 atom stereocenters. The number of nitrogens with zero attached hydrogens (tertiary/aromatic N) is 2. The number of imidazole rings is 1. The first-order chi connectivity index (χ1) is 9.25. The van der Waals surface area contributed by atoms with Crippen molar-refractivity contribution in [2.24, 2.45) is 5.73 Å². The average Bonchev–Trinajstić information content (AvgIpc) is 2.82. The minimum Gasteiger partial charge on any atom is -0.369 e. The highest BCUT2D eigenvalue weighted by Crippen LogP contribution is 2.23. The Balaban J connectivity index is 2.12. The van der Waals surface area contributed by atoms with Gasteiger partial charge in [0.15, 0.2) is 0 Å².